The van der Waals surface area contributed by atoms with Crippen molar-refractivity contribution in [2.45, 2.75) is 36.2 Å². The quantitative estimate of drug-likeness (QED) is 0.560. The summed E-state index contributed by atoms with van der Waals surface area (Å²) in [6.07, 6.45) is 2.15. The molecule has 2 aliphatic rings. The van der Waals surface area contributed by atoms with Gasteiger partial charge in [-0.2, -0.15) is 4.31 Å². The van der Waals surface area contributed by atoms with Crippen LogP contribution in [0.1, 0.15) is 29.0 Å². The number of rotatable bonds is 7. The van der Waals surface area contributed by atoms with E-state index < -0.39 is 11.4 Å². The molecular formula is C26H29N3OS. The lowest BCUT2D eigenvalue weighted by Gasteiger charge is -2.21. The molecule has 3 aromatic rings. The monoisotopic (exact) mass is 431 g/mol. The summed E-state index contributed by atoms with van der Waals surface area (Å²) in [5.74, 6) is 0.583. The molecule has 0 aromatic heterocycles. The van der Waals surface area contributed by atoms with Crippen molar-refractivity contribution < 1.29 is 4.55 Å². The smallest absolute Gasteiger partial charge is 0.180 e. The first-order valence-electron chi connectivity index (χ1n) is 11.0. The normalized spacial score (nSPS) is 20.4. The second-order valence-corrected chi connectivity index (χ2v) is 10.1. The molecule has 5 rings (SSSR count). The average Bonchev–Trinajstić information content (AvgIpc) is 3.47. The van der Waals surface area contributed by atoms with Crippen LogP contribution in [0.5, 0.6) is 0 Å². The van der Waals surface area contributed by atoms with Crippen LogP contribution in [0.15, 0.2) is 77.7 Å². The number of nitrogens with one attached hydrogen (secondary N) is 1. The third kappa shape index (κ3) is 4.31. The fourth-order valence-corrected chi connectivity index (χ4v) is 5.67. The van der Waals surface area contributed by atoms with Crippen molar-refractivity contribution in [2.75, 3.05) is 29.8 Å². The zero-order valence-electron chi connectivity index (χ0n) is 18.1. The molecular weight excluding hydrogens is 402 g/mol. The summed E-state index contributed by atoms with van der Waals surface area (Å²) < 4.78 is 15.0. The fourth-order valence-electron chi connectivity index (χ4n) is 4.41. The molecule has 0 spiro atoms. The van der Waals surface area contributed by atoms with Crippen LogP contribution in [0, 0.1) is 0 Å². The van der Waals surface area contributed by atoms with Crippen molar-refractivity contribution in [1.82, 2.24) is 5.32 Å². The minimum absolute atomic E-state index is 0.544. The van der Waals surface area contributed by atoms with E-state index in [1.807, 2.05) is 34.6 Å². The van der Waals surface area contributed by atoms with Gasteiger partial charge in [-0.05, 0) is 59.9 Å². The highest BCUT2D eigenvalue weighted by molar-refractivity contribution is 7.92. The van der Waals surface area contributed by atoms with Crippen molar-refractivity contribution in [3.05, 3.63) is 89.5 Å². The van der Waals surface area contributed by atoms with Gasteiger partial charge in [0.1, 0.15) is 11.4 Å². The van der Waals surface area contributed by atoms with Gasteiger partial charge in [0, 0.05) is 38.3 Å². The van der Waals surface area contributed by atoms with E-state index in [9.17, 15) is 4.55 Å². The summed E-state index contributed by atoms with van der Waals surface area (Å²) in [5.41, 5.74) is 6.41. The first-order valence-corrected chi connectivity index (χ1v) is 12.1. The molecule has 1 aliphatic heterocycles. The van der Waals surface area contributed by atoms with Crippen LogP contribution in [0.25, 0.3) is 0 Å². The van der Waals surface area contributed by atoms with Crippen LogP contribution in [0.2, 0.25) is 0 Å². The maximum absolute atomic E-state index is 13.0. The van der Waals surface area contributed by atoms with Gasteiger partial charge in [0.05, 0.1) is 12.2 Å². The summed E-state index contributed by atoms with van der Waals surface area (Å²) in [6, 6.07) is 25.8. The van der Waals surface area contributed by atoms with Crippen molar-refractivity contribution >= 4 is 22.7 Å². The van der Waals surface area contributed by atoms with Crippen molar-refractivity contribution in [1.29, 1.82) is 0 Å². The maximum Gasteiger partial charge on any atom is 0.180 e. The number of hydrogen-bond donors (Lipinski definition) is 1. The largest absolute Gasteiger partial charge is 0.588 e. The Bertz CT molecular complexity index is 1040. The number of hydrogen-bond acceptors (Lipinski definition) is 4. The second kappa shape index (κ2) is 8.58. The van der Waals surface area contributed by atoms with Crippen LogP contribution >= 0.6 is 0 Å². The van der Waals surface area contributed by atoms with E-state index >= 15 is 0 Å². The molecule has 5 heteroatoms. The fraction of sp³-hybridized carbons (Fsp3) is 0.308. The Balaban J connectivity index is 1.20. The third-order valence-electron chi connectivity index (χ3n) is 6.34. The molecule has 1 aliphatic carbocycles. The number of benzene rings is 3. The maximum atomic E-state index is 13.0. The molecule has 3 unspecified atom stereocenters. The lowest BCUT2D eigenvalue weighted by molar-refractivity contribution is 0.591. The Kier molecular flexibility index (Phi) is 5.65. The summed E-state index contributed by atoms with van der Waals surface area (Å²) >= 11 is -1.14. The van der Waals surface area contributed by atoms with Crippen molar-refractivity contribution in [3.8, 4) is 0 Å². The lowest BCUT2D eigenvalue weighted by atomic mass is 10.0. The van der Waals surface area contributed by atoms with Gasteiger partial charge < -0.3 is 14.8 Å². The molecule has 31 heavy (non-hydrogen) atoms. The number of fused-ring (bicyclic) bond motifs is 1. The van der Waals surface area contributed by atoms with Crippen LogP contribution in [-0.2, 0) is 24.3 Å². The molecule has 0 amide bonds. The molecule has 3 atom stereocenters. The molecule has 0 bridgehead atoms. The average molecular weight is 432 g/mol. The number of nitrogens with zero attached hydrogens (tertiary/aromatic N) is 2. The molecule has 1 saturated carbocycles. The summed E-state index contributed by atoms with van der Waals surface area (Å²) in [4.78, 5) is 2.99. The van der Waals surface area contributed by atoms with E-state index in [2.05, 4.69) is 66.8 Å². The minimum Gasteiger partial charge on any atom is -0.588 e. The van der Waals surface area contributed by atoms with Gasteiger partial charge in [-0.3, -0.25) is 0 Å². The van der Waals surface area contributed by atoms with Gasteiger partial charge in [0.25, 0.3) is 0 Å². The topological polar surface area (TPSA) is 41.6 Å². The minimum atomic E-state index is -1.14. The Labute approximate surface area is 188 Å². The molecule has 0 saturated heterocycles. The van der Waals surface area contributed by atoms with Gasteiger partial charge in [-0.15, -0.1) is 0 Å². The molecule has 1 N–H and O–H groups in total. The Morgan fingerprint density at radius 3 is 2.55 bits per heavy atom. The van der Waals surface area contributed by atoms with E-state index in [0.717, 1.165) is 30.1 Å². The predicted octanol–water partition coefficient (Wildman–Crippen LogP) is 4.48. The Hall–Kier alpha value is -2.47. The van der Waals surface area contributed by atoms with E-state index in [0.29, 0.717) is 12.0 Å². The van der Waals surface area contributed by atoms with Crippen LogP contribution in [-0.4, -0.2) is 31.2 Å². The highest BCUT2D eigenvalue weighted by Crippen LogP contribution is 2.43. The Morgan fingerprint density at radius 1 is 1.03 bits per heavy atom. The first kappa shape index (κ1) is 20.4. The highest BCUT2D eigenvalue weighted by atomic mass is 32.2. The van der Waals surface area contributed by atoms with E-state index in [-0.39, 0.29) is 0 Å². The van der Waals surface area contributed by atoms with E-state index in [1.54, 1.807) is 0 Å². The molecule has 1 heterocycles. The second-order valence-electron chi connectivity index (χ2n) is 8.69. The van der Waals surface area contributed by atoms with Crippen LogP contribution in [0.4, 0.5) is 11.4 Å². The van der Waals surface area contributed by atoms with Gasteiger partial charge >= 0.3 is 0 Å². The van der Waals surface area contributed by atoms with Gasteiger partial charge in [-0.1, -0.05) is 42.5 Å². The molecule has 3 aromatic carbocycles. The van der Waals surface area contributed by atoms with Crippen molar-refractivity contribution in [3.63, 3.8) is 0 Å². The SMILES string of the molecule is CN(C)c1ccc(CNC2CC2c2ccc3c(c2)CCN3[S+]([O-])c2ccccc2)cc1. The van der Waals surface area contributed by atoms with E-state index in [4.69, 9.17) is 0 Å². The van der Waals surface area contributed by atoms with Crippen molar-refractivity contribution in [2.24, 2.45) is 0 Å². The first-order chi connectivity index (χ1) is 15.1. The summed E-state index contributed by atoms with van der Waals surface area (Å²) in [6.45, 7) is 1.72. The van der Waals surface area contributed by atoms with Gasteiger partial charge in [-0.25, -0.2) is 0 Å². The van der Waals surface area contributed by atoms with Crippen LogP contribution < -0.4 is 14.5 Å². The summed E-state index contributed by atoms with van der Waals surface area (Å²) in [5, 5.41) is 3.71. The molecule has 160 valence electrons. The lowest BCUT2D eigenvalue weighted by Crippen LogP contribution is -2.29. The third-order valence-corrected chi connectivity index (χ3v) is 7.80. The van der Waals surface area contributed by atoms with E-state index in [1.165, 1.54) is 28.8 Å². The Morgan fingerprint density at radius 2 is 1.81 bits per heavy atom. The zero-order valence-corrected chi connectivity index (χ0v) is 18.9. The van der Waals surface area contributed by atoms with Gasteiger partial charge in [0.2, 0.25) is 0 Å². The predicted molar refractivity (Wildman–Crippen MR) is 129 cm³/mol. The standard InChI is InChI=1S/C26H29N3OS/c1-28(2)22-11-8-19(9-12-22)18-27-25-17-24(25)20-10-13-26-21(16-20)14-15-29(26)31(30)23-6-4-3-5-7-23/h3-13,16,24-25,27H,14-15,17-18H2,1-2H3. The van der Waals surface area contributed by atoms with Crippen LogP contribution in [0.3, 0.4) is 0 Å². The number of anilines is 2. The van der Waals surface area contributed by atoms with Gasteiger partial charge in [0.15, 0.2) is 4.90 Å². The molecule has 4 nitrogen and oxygen atoms in total. The molecule has 0 radical (unpaired) electrons. The zero-order chi connectivity index (χ0) is 21.4. The molecule has 1 fully saturated rings. The highest BCUT2D eigenvalue weighted by Gasteiger charge is 2.39. The summed E-state index contributed by atoms with van der Waals surface area (Å²) in [7, 11) is 4.13.